The van der Waals surface area contributed by atoms with Gasteiger partial charge in [-0.25, -0.2) is 9.78 Å². The van der Waals surface area contributed by atoms with Crippen molar-refractivity contribution in [2.24, 2.45) is 5.92 Å². The highest BCUT2D eigenvalue weighted by atomic mass is 35.5. The molecule has 5 nitrogen and oxygen atoms in total. The second-order valence-electron chi connectivity index (χ2n) is 4.46. The van der Waals surface area contributed by atoms with Gasteiger partial charge in [0.1, 0.15) is 16.9 Å². The molecule has 1 heterocycles. The van der Waals surface area contributed by atoms with Crippen molar-refractivity contribution in [3.63, 3.8) is 0 Å². The van der Waals surface area contributed by atoms with E-state index in [0.717, 1.165) is 0 Å². The summed E-state index contributed by atoms with van der Waals surface area (Å²) in [5, 5.41) is 11.7. The van der Waals surface area contributed by atoms with E-state index >= 15 is 0 Å². The van der Waals surface area contributed by atoms with Gasteiger partial charge in [0.05, 0.1) is 5.02 Å². The lowest BCUT2D eigenvalue weighted by Crippen LogP contribution is -2.42. The largest absolute Gasteiger partial charge is 0.480 e. The van der Waals surface area contributed by atoms with Crippen LogP contribution < -0.4 is 5.32 Å². The molecular weight excluding hydrogens is 291 g/mol. The molecule has 104 valence electrons. The summed E-state index contributed by atoms with van der Waals surface area (Å²) in [6.45, 7) is 3.74. The summed E-state index contributed by atoms with van der Waals surface area (Å²) in [5.74, 6) is -1.62. The van der Waals surface area contributed by atoms with Crippen LogP contribution >= 0.6 is 23.2 Å². The quantitative estimate of drug-likeness (QED) is 0.820. The minimum atomic E-state index is -1.10. The number of hydrogen-bond donors (Lipinski definition) is 2. The van der Waals surface area contributed by atoms with Crippen molar-refractivity contribution in [2.45, 2.75) is 26.3 Å². The molecule has 2 N–H and O–H groups in total. The van der Waals surface area contributed by atoms with Crippen LogP contribution in [-0.4, -0.2) is 28.0 Å². The molecule has 1 aromatic rings. The summed E-state index contributed by atoms with van der Waals surface area (Å²) in [5.41, 5.74) is -0.0795. The van der Waals surface area contributed by atoms with Crippen molar-refractivity contribution in [1.82, 2.24) is 10.3 Å². The van der Waals surface area contributed by atoms with Crippen molar-refractivity contribution in [3.8, 4) is 0 Å². The molecule has 0 radical (unpaired) electrons. The summed E-state index contributed by atoms with van der Waals surface area (Å²) in [7, 11) is 0. The van der Waals surface area contributed by atoms with E-state index < -0.39 is 17.9 Å². The first-order chi connectivity index (χ1) is 8.81. The van der Waals surface area contributed by atoms with Crippen molar-refractivity contribution in [3.05, 3.63) is 28.0 Å². The van der Waals surface area contributed by atoms with Gasteiger partial charge in [0.2, 0.25) is 0 Å². The minimum absolute atomic E-state index is 0.0795. The van der Waals surface area contributed by atoms with Gasteiger partial charge in [-0.05, 0) is 24.5 Å². The standard InChI is InChI=1S/C12H14Cl2N2O3/c1-6(2)5-8(12(18)19)15-11(17)10-7(13)3-4-9(14)16-10/h3-4,6,8H,5H2,1-2H3,(H,15,17)(H,18,19). The predicted octanol–water partition coefficient (Wildman–Crippen LogP) is 2.62. The molecule has 0 aromatic carbocycles. The number of nitrogens with one attached hydrogen (secondary N) is 1. The summed E-state index contributed by atoms with van der Waals surface area (Å²) < 4.78 is 0. The number of carboxylic acid groups (broad SMARTS) is 1. The lowest BCUT2D eigenvalue weighted by molar-refractivity contribution is -0.139. The Labute approximate surface area is 120 Å². The molecule has 1 rings (SSSR count). The zero-order valence-corrected chi connectivity index (χ0v) is 12.0. The van der Waals surface area contributed by atoms with E-state index in [9.17, 15) is 9.59 Å². The van der Waals surface area contributed by atoms with Gasteiger partial charge >= 0.3 is 5.97 Å². The number of carbonyl (C=O) groups is 2. The third-order valence-corrected chi connectivity index (χ3v) is 2.85. The van der Waals surface area contributed by atoms with E-state index in [1.165, 1.54) is 12.1 Å². The normalized spacial score (nSPS) is 12.3. The van der Waals surface area contributed by atoms with E-state index in [2.05, 4.69) is 10.3 Å². The third kappa shape index (κ3) is 4.69. The Hall–Kier alpha value is -1.33. The fourth-order valence-electron chi connectivity index (χ4n) is 1.50. The monoisotopic (exact) mass is 304 g/mol. The summed E-state index contributed by atoms with van der Waals surface area (Å²) >= 11 is 11.5. The Balaban J connectivity index is 2.87. The van der Waals surface area contributed by atoms with E-state index in [1.807, 2.05) is 13.8 Å². The maximum absolute atomic E-state index is 11.9. The molecule has 0 aliphatic heterocycles. The first-order valence-corrected chi connectivity index (χ1v) is 6.42. The van der Waals surface area contributed by atoms with Gasteiger partial charge in [-0.3, -0.25) is 4.79 Å². The molecule has 0 spiro atoms. The van der Waals surface area contributed by atoms with Gasteiger partial charge in [0.25, 0.3) is 5.91 Å². The average molecular weight is 305 g/mol. The van der Waals surface area contributed by atoms with E-state index in [-0.39, 0.29) is 21.8 Å². The van der Waals surface area contributed by atoms with Crippen LogP contribution in [0.25, 0.3) is 0 Å². The molecule has 0 saturated carbocycles. The van der Waals surface area contributed by atoms with Crippen molar-refractivity contribution in [2.75, 3.05) is 0 Å². The van der Waals surface area contributed by atoms with Crippen LogP contribution in [0.1, 0.15) is 30.8 Å². The highest BCUT2D eigenvalue weighted by Gasteiger charge is 2.23. The van der Waals surface area contributed by atoms with E-state index in [1.54, 1.807) is 0 Å². The van der Waals surface area contributed by atoms with Crippen LogP contribution in [0.15, 0.2) is 12.1 Å². The average Bonchev–Trinajstić information content (AvgIpc) is 2.30. The lowest BCUT2D eigenvalue weighted by atomic mass is 10.0. The molecule has 1 atom stereocenters. The number of rotatable bonds is 5. The first-order valence-electron chi connectivity index (χ1n) is 5.67. The number of carbonyl (C=O) groups excluding carboxylic acids is 1. The number of amides is 1. The number of hydrogen-bond acceptors (Lipinski definition) is 3. The van der Waals surface area contributed by atoms with E-state index in [4.69, 9.17) is 28.3 Å². The smallest absolute Gasteiger partial charge is 0.326 e. The van der Waals surface area contributed by atoms with Gasteiger partial charge in [-0.1, -0.05) is 37.0 Å². The van der Waals surface area contributed by atoms with Gasteiger partial charge in [0.15, 0.2) is 0 Å². The molecule has 0 bridgehead atoms. The Bertz CT molecular complexity index is 492. The number of halogens is 2. The second kappa shape index (κ2) is 6.73. The number of pyridine rings is 1. The third-order valence-electron chi connectivity index (χ3n) is 2.34. The summed E-state index contributed by atoms with van der Waals surface area (Å²) in [4.78, 5) is 26.8. The molecule has 7 heteroatoms. The fraction of sp³-hybridized carbons (Fsp3) is 0.417. The topological polar surface area (TPSA) is 79.3 Å². The number of aromatic nitrogens is 1. The van der Waals surface area contributed by atoms with Crippen LogP contribution in [-0.2, 0) is 4.79 Å². The summed E-state index contributed by atoms with van der Waals surface area (Å²) in [6.07, 6.45) is 0.319. The van der Waals surface area contributed by atoms with Crippen molar-refractivity contribution in [1.29, 1.82) is 0 Å². The van der Waals surface area contributed by atoms with Crippen LogP contribution in [0, 0.1) is 5.92 Å². The van der Waals surface area contributed by atoms with Crippen LogP contribution in [0.3, 0.4) is 0 Å². The number of nitrogens with zero attached hydrogens (tertiary/aromatic N) is 1. The zero-order valence-electron chi connectivity index (χ0n) is 10.5. The lowest BCUT2D eigenvalue weighted by Gasteiger charge is -2.16. The molecule has 19 heavy (non-hydrogen) atoms. The second-order valence-corrected chi connectivity index (χ2v) is 5.25. The highest BCUT2D eigenvalue weighted by Crippen LogP contribution is 2.17. The van der Waals surface area contributed by atoms with Crippen LogP contribution in [0.5, 0.6) is 0 Å². The van der Waals surface area contributed by atoms with E-state index in [0.29, 0.717) is 6.42 Å². The maximum Gasteiger partial charge on any atom is 0.326 e. The number of aliphatic carboxylic acids is 1. The molecule has 1 unspecified atom stereocenters. The van der Waals surface area contributed by atoms with Crippen molar-refractivity contribution >= 4 is 35.1 Å². The molecular formula is C12H14Cl2N2O3. The maximum atomic E-state index is 11.9. The van der Waals surface area contributed by atoms with Gasteiger partial charge in [0, 0.05) is 0 Å². The predicted molar refractivity (Wildman–Crippen MR) is 72.6 cm³/mol. The highest BCUT2D eigenvalue weighted by molar-refractivity contribution is 6.34. The first kappa shape index (κ1) is 15.7. The molecule has 0 saturated heterocycles. The molecule has 0 aliphatic rings. The Kier molecular flexibility index (Phi) is 5.57. The minimum Gasteiger partial charge on any atom is -0.480 e. The Morgan fingerprint density at radius 3 is 2.53 bits per heavy atom. The fourth-order valence-corrected chi connectivity index (χ4v) is 1.84. The van der Waals surface area contributed by atoms with Gasteiger partial charge in [-0.2, -0.15) is 0 Å². The molecule has 1 aromatic heterocycles. The molecule has 0 aliphatic carbocycles. The Morgan fingerprint density at radius 2 is 2.00 bits per heavy atom. The van der Waals surface area contributed by atoms with Gasteiger partial charge in [-0.15, -0.1) is 0 Å². The van der Waals surface area contributed by atoms with Gasteiger partial charge < -0.3 is 10.4 Å². The molecule has 0 fully saturated rings. The molecule has 1 amide bonds. The van der Waals surface area contributed by atoms with Crippen molar-refractivity contribution < 1.29 is 14.7 Å². The number of carboxylic acids is 1. The van der Waals surface area contributed by atoms with Crippen LogP contribution in [0.2, 0.25) is 10.2 Å². The Morgan fingerprint density at radius 1 is 1.37 bits per heavy atom. The van der Waals surface area contributed by atoms with Crippen LogP contribution in [0.4, 0.5) is 0 Å². The zero-order chi connectivity index (χ0) is 14.6. The summed E-state index contributed by atoms with van der Waals surface area (Å²) in [6, 6.07) is 1.90. The SMILES string of the molecule is CC(C)CC(NC(=O)c1nc(Cl)ccc1Cl)C(=O)O.